The topological polar surface area (TPSA) is 65.2 Å². The second kappa shape index (κ2) is 6.56. The second-order valence-electron chi connectivity index (χ2n) is 4.36. The van der Waals surface area contributed by atoms with Gasteiger partial charge < -0.3 is 10.5 Å². The Kier molecular flexibility index (Phi) is 5.01. The Hall–Kier alpha value is -1.11. The lowest BCUT2D eigenvalue weighted by Crippen LogP contribution is -2.33. The Morgan fingerprint density at radius 2 is 2.25 bits per heavy atom. The minimum Gasteiger partial charge on any atom is -0.468 e. The molecule has 0 fully saturated rings. The number of pyridine rings is 1. The minimum absolute atomic E-state index is 0.395. The van der Waals surface area contributed by atoms with Crippen molar-refractivity contribution < 1.29 is 9.53 Å². The summed E-state index contributed by atoms with van der Waals surface area (Å²) in [5.41, 5.74) is 7.64. The van der Waals surface area contributed by atoms with Crippen LogP contribution in [-0.4, -0.2) is 29.9 Å². The summed E-state index contributed by atoms with van der Waals surface area (Å²) < 4.78 is 5.63. The quantitative estimate of drug-likeness (QED) is 0.675. The summed E-state index contributed by atoms with van der Waals surface area (Å²) in [6, 6.07) is 7.33. The number of methoxy groups -OCH3 is 1. The van der Waals surface area contributed by atoms with Crippen molar-refractivity contribution in [3.05, 3.63) is 34.4 Å². The van der Waals surface area contributed by atoms with Gasteiger partial charge in [-0.2, -0.15) is 0 Å². The summed E-state index contributed by atoms with van der Waals surface area (Å²) in [5.74, 6) is 0.0753. The molecule has 2 aromatic rings. The van der Waals surface area contributed by atoms with E-state index in [9.17, 15) is 4.79 Å². The first-order chi connectivity index (χ1) is 9.51. The van der Waals surface area contributed by atoms with Crippen molar-refractivity contribution >= 4 is 44.6 Å². The number of benzene rings is 1. The lowest BCUT2D eigenvalue weighted by Gasteiger charge is -2.11. The fourth-order valence-electron chi connectivity index (χ4n) is 1.81. The molecule has 0 aliphatic rings. The van der Waals surface area contributed by atoms with Gasteiger partial charge in [0.05, 0.1) is 12.6 Å². The SMILES string of the molecule is COC(=O)[C@H](N)CSc1cc(C)nc2ccc(Br)cc12. The van der Waals surface area contributed by atoms with Crippen molar-refractivity contribution in [3.8, 4) is 0 Å². The van der Waals surface area contributed by atoms with E-state index >= 15 is 0 Å². The maximum atomic E-state index is 11.3. The Morgan fingerprint density at radius 1 is 1.50 bits per heavy atom. The van der Waals surface area contributed by atoms with E-state index in [2.05, 4.69) is 25.7 Å². The van der Waals surface area contributed by atoms with Crippen LogP contribution in [0.3, 0.4) is 0 Å². The van der Waals surface area contributed by atoms with E-state index in [1.807, 2.05) is 31.2 Å². The smallest absolute Gasteiger partial charge is 0.323 e. The molecular weight excluding hydrogens is 340 g/mol. The second-order valence-corrected chi connectivity index (χ2v) is 6.34. The zero-order chi connectivity index (χ0) is 14.7. The first-order valence-electron chi connectivity index (χ1n) is 6.04. The summed E-state index contributed by atoms with van der Waals surface area (Å²) in [6.45, 7) is 1.95. The van der Waals surface area contributed by atoms with Crippen LogP contribution < -0.4 is 5.73 Å². The van der Waals surface area contributed by atoms with Crippen LogP contribution in [0.15, 0.2) is 33.6 Å². The van der Waals surface area contributed by atoms with Gasteiger partial charge in [0.25, 0.3) is 0 Å². The first kappa shape index (κ1) is 15.3. The number of hydrogen-bond acceptors (Lipinski definition) is 5. The van der Waals surface area contributed by atoms with Crippen LogP contribution in [0, 0.1) is 6.92 Å². The maximum Gasteiger partial charge on any atom is 0.323 e. The molecule has 0 bridgehead atoms. The number of aromatic nitrogens is 1. The number of carbonyl (C=O) groups excluding carboxylic acids is 1. The lowest BCUT2D eigenvalue weighted by atomic mass is 10.2. The molecule has 1 atom stereocenters. The van der Waals surface area contributed by atoms with Crippen molar-refractivity contribution in [1.82, 2.24) is 4.98 Å². The molecule has 0 radical (unpaired) electrons. The predicted molar refractivity (Wildman–Crippen MR) is 84.9 cm³/mol. The van der Waals surface area contributed by atoms with E-state index in [0.29, 0.717) is 5.75 Å². The van der Waals surface area contributed by atoms with Crippen LogP contribution in [0.4, 0.5) is 0 Å². The van der Waals surface area contributed by atoms with Gasteiger partial charge >= 0.3 is 5.97 Å². The van der Waals surface area contributed by atoms with Crippen molar-refractivity contribution in [1.29, 1.82) is 0 Å². The van der Waals surface area contributed by atoms with Gasteiger partial charge in [0.15, 0.2) is 0 Å². The number of aryl methyl sites for hydroxylation is 1. The van der Waals surface area contributed by atoms with E-state index in [4.69, 9.17) is 5.73 Å². The number of nitrogens with zero attached hydrogens (tertiary/aromatic N) is 1. The summed E-state index contributed by atoms with van der Waals surface area (Å²) in [5, 5.41) is 1.05. The molecular formula is C14H15BrN2O2S. The van der Waals surface area contributed by atoms with E-state index in [-0.39, 0.29) is 0 Å². The van der Waals surface area contributed by atoms with Gasteiger partial charge in [0.2, 0.25) is 0 Å². The Morgan fingerprint density at radius 3 is 2.95 bits per heavy atom. The van der Waals surface area contributed by atoms with Crippen LogP contribution >= 0.6 is 27.7 Å². The third-order valence-corrected chi connectivity index (χ3v) is 4.45. The molecule has 0 aliphatic heterocycles. The molecule has 6 heteroatoms. The highest BCUT2D eigenvalue weighted by molar-refractivity contribution is 9.10. The average molecular weight is 355 g/mol. The summed E-state index contributed by atoms with van der Waals surface area (Å²) in [4.78, 5) is 16.9. The number of nitrogens with two attached hydrogens (primary N) is 1. The maximum absolute atomic E-state index is 11.3. The van der Waals surface area contributed by atoms with Crippen LogP contribution in [0.25, 0.3) is 10.9 Å². The van der Waals surface area contributed by atoms with Crippen LogP contribution in [0.1, 0.15) is 5.69 Å². The third-order valence-electron chi connectivity index (χ3n) is 2.78. The Bertz CT molecular complexity index is 648. The molecule has 2 N–H and O–H groups in total. The van der Waals surface area contributed by atoms with Crippen molar-refractivity contribution in [2.45, 2.75) is 17.9 Å². The van der Waals surface area contributed by atoms with Gasteiger partial charge in [-0.15, -0.1) is 11.8 Å². The molecule has 0 spiro atoms. The van der Waals surface area contributed by atoms with Gasteiger partial charge in [-0.1, -0.05) is 15.9 Å². The van der Waals surface area contributed by atoms with Crippen LogP contribution in [0.5, 0.6) is 0 Å². The molecule has 2 rings (SSSR count). The normalized spacial score (nSPS) is 12.4. The van der Waals surface area contributed by atoms with Gasteiger partial charge in [0.1, 0.15) is 6.04 Å². The van der Waals surface area contributed by atoms with E-state index in [0.717, 1.165) is 26.0 Å². The fourth-order valence-corrected chi connectivity index (χ4v) is 3.24. The molecule has 1 aromatic carbocycles. The molecule has 4 nitrogen and oxygen atoms in total. The van der Waals surface area contributed by atoms with Crippen molar-refractivity contribution in [2.75, 3.05) is 12.9 Å². The summed E-state index contributed by atoms with van der Waals surface area (Å²) >= 11 is 5.00. The lowest BCUT2D eigenvalue weighted by molar-refractivity contribution is -0.141. The molecule has 1 heterocycles. The zero-order valence-corrected chi connectivity index (χ0v) is 13.6. The third kappa shape index (κ3) is 3.50. The molecule has 20 heavy (non-hydrogen) atoms. The number of fused-ring (bicyclic) bond motifs is 1. The number of rotatable bonds is 4. The van der Waals surface area contributed by atoms with Crippen LogP contribution in [-0.2, 0) is 9.53 Å². The monoisotopic (exact) mass is 354 g/mol. The highest BCUT2D eigenvalue weighted by Crippen LogP contribution is 2.30. The number of esters is 1. The minimum atomic E-state index is -0.624. The average Bonchev–Trinajstić information content (AvgIpc) is 2.44. The van der Waals surface area contributed by atoms with Gasteiger partial charge in [-0.3, -0.25) is 9.78 Å². The molecule has 106 valence electrons. The van der Waals surface area contributed by atoms with E-state index in [1.54, 1.807) is 0 Å². The van der Waals surface area contributed by atoms with Crippen LogP contribution in [0.2, 0.25) is 0 Å². The number of thioether (sulfide) groups is 1. The van der Waals surface area contributed by atoms with Crippen molar-refractivity contribution in [2.24, 2.45) is 5.73 Å². The highest BCUT2D eigenvalue weighted by Gasteiger charge is 2.15. The number of hydrogen-bond donors (Lipinski definition) is 1. The van der Waals surface area contributed by atoms with Gasteiger partial charge in [-0.05, 0) is 31.2 Å². The molecule has 0 aliphatic carbocycles. The number of ether oxygens (including phenoxy) is 1. The predicted octanol–water partition coefficient (Wildman–Crippen LogP) is 2.90. The first-order valence-corrected chi connectivity index (χ1v) is 7.82. The molecule has 1 aromatic heterocycles. The van der Waals surface area contributed by atoms with Gasteiger partial charge in [-0.25, -0.2) is 0 Å². The fraction of sp³-hybridized carbons (Fsp3) is 0.286. The summed E-state index contributed by atoms with van der Waals surface area (Å²) in [6.07, 6.45) is 0. The molecule has 0 saturated carbocycles. The number of halogens is 1. The van der Waals surface area contributed by atoms with E-state index < -0.39 is 12.0 Å². The zero-order valence-electron chi connectivity index (χ0n) is 11.2. The van der Waals surface area contributed by atoms with Crippen molar-refractivity contribution in [3.63, 3.8) is 0 Å². The van der Waals surface area contributed by atoms with E-state index in [1.165, 1.54) is 18.9 Å². The molecule has 0 saturated heterocycles. The molecule has 0 unspecified atom stereocenters. The summed E-state index contributed by atoms with van der Waals surface area (Å²) in [7, 11) is 1.34. The standard InChI is InChI=1S/C14H15BrN2O2S/c1-8-5-13(20-7-11(16)14(18)19-2)10-6-9(15)3-4-12(10)17-8/h3-6,11H,7,16H2,1-2H3/t11-/m1/s1. The highest BCUT2D eigenvalue weighted by atomic mass is 79.9. The largest absolute Gasteiger partial charge is 0.468 e. The number of carbonyl (C=O) groups is 1. The van der Waals surface area contributed by atoms with Gasteiger partial charge in [0, 0.05) is 26.2 Å². The Labute approximate surface area is 130 Å². The molecule has 0 amide bonds. The Balaban J connectivity index is 2.29.